The summed E-state index contributed by atoms with van der Waals surface area (Å²) >= 11 is 0. The van der Waals surface area contributed by atoms with Crippen LogP contribution in [0.15, 0.2) is 30.3 Å². The standard InChI is InChI=1S/C17H25N3O/c1-13(2)10-15(12-20(3)4)19-17(21)16(11-18)14-8-6-5-7-9-14/h5-9,13,15-16H,10,12H2,1-4H3,(H,19,21). The maximum Gasteiger partial charge on any atom is 0.242 e. The molecule has 0 aromatic heterocycles. The lowest BCUT2D eigenvalue weighted by Gasteiger charge is -2.25. The van der Waals surface area contributed by atoms with Crippen LogP contribution < -0.4 is 5.32 Å². The molecule has 0 spiro atoms. The van der Waals surface area contributed by atoms with E-state index in [1.807, 2.05) is 44.4 Å². The first-order chi connectivity index (χ1) is 9.93. The number of likely N-dealkylation sites (N-methyl/N-ethyl adjacent to an activating group) is 1. The van der Waals surface area contributed by atoms with Gasteiger partial charge in [0.1, 0.15) is 5.92 Å². The van der Waals surface area contributed by atoms with Crippen molar-refractivity contribution >= 4 is 5.91 Å². The first-order valence-corrected chi connectivity index (χ1v) is 7.33. The number of rotatable bonds is 7. The quantitative estimate of drug-likeness (QED) is 0.837. The zero-order valence-corrected chi connectivity index (χ0v) is 13.3. The van der Waals surface area contributed by atoms with E-state index in [4.69, 9.17) is 0 Å². The molecule has 0 radical (unpaired) electrons. The largest absolute Gasteiger partial charge is 0.351 e. The first kappa shape index (κ1) is 17.2. The first-order valence-electron chi connectivity index (χ1n) is 7.33. The summed E-state index contributed by atoms with van der Waals surface area (Å²) in [5, 5.41) is 12.3. The number of nitrogens with zero attached hydrogens (tertiary/aromatic N) is 2. The monoisotopic (exact) mass is 287 g/mol. The number of carbonyl (C=O) groups is 1. The van der Waals surface area contributed by atoms with Crippen LogP contribution in [0.25, 0.3) is 0 Å². The molecule has 0 aliphatic carbocycles. The lowest BCUT2D eigenvalue weighted by atomic mass is 9.98. The molecule has 1 rings (SSSR count). The van der Waals surface area contributed by atoms with E-state index in [0.717, 1.165) is 18.5 Å². The fraction of sp³-hybridized carbons (Fsp3) is 0.529. The Hall–Kier alpha value is -1.86. The van der Waals surface area contributed by atoms with Crippen molar-refractivity contribution < 1.29 is 4.79 Å². The summed E-state index contributed by atoms with van der Waals surface area (Å²) in [4.78, 5) is 14.4. The Kier molecular flexibility index (Phi) is 6.90. The van der Waals surface area contributed by atoms with Crippen molar-refractivity contribution in [2.45, 2.75) is 32.2 Å². The maximum absolute atomic E-state index is 12.4. The Bertz CT molecular complexity index is 467. The highest BCUT2D eigenvalue weighted by atomic mass is 16.1. The highest BCUT2D eigenvalue weighted by molar-refractivity contribution is 5.86. The van der Waals surface area contributed by atoms with Gasteiger partial charge in [0.2, 0.25) is 5.91 Å². The molecule has 21 heavy (non-hydrogen) atoms. The second-order valence-electron chi connectivity index (χ2n) is 6.07. The molecule has 0 bridgehead atoms. The molecule has 2 atom stereocenters. The average Bonchev–Trinajstić information content (AvgIpc) is 2.39. The number of nitrogens with one attached hydrogen (secondary N) is 1. The van der Waals surface area contributed by atoms with Crippen molar-refractivity contribution in [3.63, 3.8) is 0 Å². The Balaban J connectivity index is 2.77. The number of nitriles is 1. The van der Waals surface area contributed by atoms with E-state index in [-0.39, 0.29) is 11.9 Å². The normalized spacial score (nSPS) is 13.8. The fourth-order valence-electron chi connectivity index (χ4n) is 2.40. The smallest absolute Gasteiger partial charge is 0.242 e. The van der Waals surface area contributed by atoms with Gasteiger partial charge >= 0.3 is 0 Å². The Morgan fingerprint density at radius 1 is 1.29 bits per heavy atom. The molecule has 0 saturated heterocycles. The van der Waals surface area contributed by atoms with Gasteiger partial charge in [-0.2, -0.15) is 5.26 Å². The Morgan fingerprint density at radius 3 is 2.38 bits per heavy atom. The van der Waals surface area contributed by atoms with Gasteiger partial charge in [-0.05, 0) is 32.0 Å². The van der Waals surface area contributed by atoms with Gasteiger partial charge in [-0.15, -0.1) is 0 Å². The van der Waals surface area contributed by atoms with E-state index in [1.165, 1.54) is 0 Å². The van der Waals surface area contributed by atoms with E-state index in [1.54, 1.807) is 0 Å². The highest BCUT2D eigenvalue weighted by Gasteiger charge is 2.23. The third-order valence-corrected chi connectivity index (χ3v) is 3.21. The molecule has 1 aromatic carbocycles. The minimum atomic E-state index is -0.747. The molecule has 1 N–H and O–H groups in total. The fourth-order valence-corrected chi connectivity index (χ4v) is 2.40. The van der Waals surface area contributed by atoms with E-state index in [2.05, 4.69) is 30.1 Å². The zero-order chi connectivity index (χ0) is 15.8. The molecule has 4 nitrogen and oxygen atoms in total. The molecular formula is C17H25N3O. The van der Waals surface area contributed by atoms with Gasteiger partial charge in [-0.3, -0.25) is 4.79 Å². The second-order valence-corrected chi connectivity index (χ2v) is 6.07. The molecular weight excluding hydrogens is 262 g/mol. The van der Waals surface area contributed by atoms with E-state index >= 15 is 0 Å². The predicted octanol–water partition coefficient (Wildman–Crippen LogP) is 2.39. The highest BCUT2D eigenvalue weighted by Crippen LogP contribution is 2.16. The summed E-state index contributed by atoms with van der Waals surface area (Å²) in [5.41, 5.74) is 0.741. The van der Waals surface area contributed by atoms with Crippen molar-refractivity contribution in [2.75, 3.05) is 20.6 Å². The van der Waals surface area contributed by atoms with Crippen molar-refractivity contribution in [1.82, 2.24) is 10.2 Å². The third kappa shape index (κ3) is 5.97. The van der Waals surface area contributed by atoms with Gasteiger partial charge in [0.25, 0.3) is 0 Å². The molecule has 0 heterocycles. The van der Waals surface area contributed by atoms with Crippen LogP contribution in [-0.4, -0.2) is 37.5 Å². The lowest BCUT2D eigenvalue weighted by Crippen LogP contribution is -2.44. The van der Waals surface area contributed by atoms with Crippen LogP contribution in [0, 0.1) is 17.2 Å². The minimum Gasteiger partial charge on any atom is -0.351 e. The van der Waals surface area contributed by atoms with Crippen LogP contribution in [0.5, 0.6) is 0 Å². The van der Waals surface area contributed by atoms with Crippen LogP contribution in [0.3, 0.4) is 0 Å². The van der Waals surface area contributed by atoms with Gasteiger partial charge in [-0.1, -0.05) is 44.2 Å². The van der Waals surface area contributed by atoms with Gasteiger partial charge in [-0.25, -0.2) is 0 Å². The van der Waals surface area contributed by atoms with Gasteiger partial charge in [0.15, 0.2) is 0 Å². The van der Waals surface area contributed by atoms with Crippen molar-refractivity contribution in [3.05, 3.63) is 35.9 Å². The average molecular weight is 287 g/mol. The molecule has 1 aromatic rings. The lowest BCUT2D eigenvalue weighted by molar-refractivity contribution is -0.122. The van der Waals surface area contributed by atoms with Crippen molar-refractivity contribution in [2.24, 2.45) is 5.92 Å². The van der Waals surface area contributed by atoms with Gasteiger partial charge in [0.05, 0.1) is 6.07 Å². The predicted molar refractivity (Wildman–Crippen MR) is 84.7 cm³/mol. The molecule has 1 amide bonds. The number of amides is 1. The second kappa shape index (κ2) is 8.43. The van der Waals surface area contributed by atoms with E-state index in [9.17, 15) is 10.1 Å². The van der Waals surface area contributed by atoms with Crippen LogP contribution in [-0.2, 0) is 4.79 Å². The molecule has 0 aliphatic rings. The topological polar surface area (TPSA) is 56.1 Å². The maximum atomic E-state index is 12.4. The van der Waals surface area contributed by atoms with Crippen LogP contribution in [0.2, 0.25) is 0 Å². The van der Waals surface area contributed by atoms with Crippen LogP contribution >= 0.6 is 0 Å². The zero-order valence-electron chi connectivity index (χ0n) is 13.3. The van der Waals surface area contributed by atoms with E-state index < -0.39 is 5.92 Å². The Labute approximate surface area is 127 Å². The molecule has 2 unspecified atom stereocenters. The van der Waals surface area contributed by atoms with Crippen molar-refractivity contribution in [1.29, 1.82) is 5.26 Å². The van der Waals surface area contributed by atoms with Crippen LogP contribution in [0.4, 0.5) is 0 Å². The summed E-state index contributed by atoms with van der Waals surface area (Å²) in [6.07, 6.45) is 0.900. The van der Waals surface area contributed by atoms with E-state index in [0.29, 0.717) is 5.92 Å². The van der Waals surface area contributed by atoms with Gasteiger partial charge < -0.3 is 10.2 Å². The number of benzene rings is 1. The summed E-state index contributed by atoms with van der Waals surface area (Å²) in [6, 6.07) is 11.4. The van der Waals surface area contributed by atoms with Crippen molar-refractivity contribution in [3.8, 4) is 6.07 Å². The molecule has 114 valence electrons. The third-order valence-electron chi connectivity index (χ3n) is 3.21. The number of hydrogen-bond donors (Lipinski definition) is 1. The number of hydrogen-bond acceptors (Lipinski definition) is 3. The molecule has 0 fully saturated rings. The SMILES string of the molecule is CC(C)CC(CN(C)C)NC(=O)C(C#N)c1ccccc1. The minimum absolute atomic E-state index is 0.0621. The molecule has 0 aliphatic heterocycles. The molecule has 4 heteroatoms. The van der Waals surface area contributed by atoms with Gasteiger partial charge in [0, 0.05) is 12.6 Å². The summed E-state index contributed by atoms with van der Waals surface area (Å²) < 4.78 is 0. The number of carbonyl (C=O) groups excluding carboxylic acids is 1. The molecule has 0 saturated carbocycles. The van der Waals surface area contributed by atoms with Crippen LogP contribution in [0.1, 0.15) is 31.7 Å². The summed E-state index contributed by atoms with van der Waals surface area (Å²) in [7, 11) is 3.97. The summed E-state index contributed by atoms with van der Waals surface area (Å²) in [5.74, 6) is -0.466. The Morgan fingerprint density at radius 2 is 1.90 bits per heavy atom. The summed E-state index contributed by atoms with van der Waals surface area (Å²) in [6.45, 7) is 5.04.